The fraction of sp³-hybridized carbons (Fsp3) is 0.571. The molecule has 82 valence electrons. The molecule has 0 bridgehead atoms. The van der Waals surface area contributed by atoms with Crippen molar-refractivity contribution in [3.8, 4) is 0 Å². The van der Waals surface area contributed by atoms with Crippen molar-refractivity contribution in [1.29, 1.82) is 0 Å². The monoisotopic (exact) mass is 247 g/mol. The minimum Gasteiger partial charge on any atom is -0.299 e. The number of aromatic nitrogens is 2. The summed E-state index contributed by atoms with van der Waals surface area (Å²) in [5.74, 6) is 0.249. The number of ketones is 1. The van der Waals surface area contributed by atoms with Gasteiger partial charge in [-0.2, -0.15) is 0 Å². The van der Waals surface area contributed by atoms with Crippen LogP contribution in [0.15, 0.2) is 4.34 Å². The maximum Gasteiger partial charge on any atom is 0.267 e. The zero-order valence-electron chi connectivity index (χ0n) is 7.71. The second-order valence-corrected chi connectivity index (χ2v) is 6.22. The topological polar surface area (TPSA) is 103 Å². The Kier molecular flexibility index (Phi) is 2.57. The van der Waals surface area contributed by atoms with Crippen molar-refractivity contribution < 1.29 is 13.2 Å². The van der Waals surface area contributed by atoms with Crippen molar-refractivity contribution in [3.63, 3.8) is 0 Å². The number of hydrogen-bond acceptors (Lipinski definition) is 6. The number of primary sulfonamides is 1. The van der Waals surface area contributed by atoms with Gasteiger partial charge in [0.05, 0.1) is 6.42 Å². The molecule has 1 aliphatic carbocycles. The molecule has 15 heavy (non-hydrogen) atoms. The molecule has 0 unspecified atom stereocenters. The Morgan fingerprint density at radius 1 is 1.47 bits per heavy atom. The number of nitrogens with zero attached hydrogens (tertiary/aromatic N) is 2. The molecular weight excluding hydrogens is 238 g/mol. The molecule has 2 rings (SSSR count). The Hall–Kier alpha value is -0.860. The number of carbonyl (C=O) groups excluding carboxylic acids is 1. The van der Waals surface area contributed by atoms with Gasteiger partial charge < -0.3 is 0 Å². The van der Waals surface area contributed by atoms with Gasteiger partial charge in [-0.3, -0.25) is 4.79 Å². The van der Waals surface area contributed by atoms with Gasteiger partial charge in [0, 0.05) is 5.92 Å². The molecule has 0 spiro atoms. The highest BCUT2D eigenvalue weighted by molar-refractivity contribution is 7.91. The average molecular weight is 247 g/mol. The lowest BCUT2D eigenvalue weighted by atomic mass is 10.2. The first-order chi connectivity index (χ1) is 6.97. The molecule has 8 heteroatoms. The first-order valence-corrected chi connectivity index (χ1v) is 6.71. The normalized spacial score (nSPS) is 16.6. The number of rotatable bonds is 4. The zero-order chi connectivity index (χ0) is 11.1. The Morgan fingerprint density at radius 2 is 2.13 bits per heavy atom. The quantitative estimate of drug-likeness (QED) is 0.787. The van der Waals surface area contributed by atoms with Crippen molar-refractivity contribution in [2.45, 2.75) is 23.6 Å². The van der Waals surface area contributed by atoms with Gasteiger partial charge in [-0.25, -0.2) is 13.6 Å². The predicted molar refractivity (Wildman–Crippen MR) is 52.7 cm³/mol. The molecule has 1 aliphatic rings. The summed E-state index contributed by atoms with van der Waals surface area (Å²) < 4.78 is 21.5. The number of Topliss-reactive ketones (excluding diaryl/α,β-unsaturated/α-hetero) is 1. The molecule has 0 atom stereocenters. The lowest BCUT2D eigenvalue weighted by Crippen LogP contribution is -2.11. The molecule has 2 N–H and O–H groups in total. The lowest BCUT2D eigenvalue weighted by molar-refractivity contribution is -0.119. The third kappa shape index (κ3) is 2.58. The third-order valence-corrected chi connectivity index (χ3v) is 4.28. The summed E-state index contributed by atoms with van der Waals surface area (Å²) in [7, 11) is -3.79. The molecule has 1 aromatic heterocycles. The molecular formula is C7H9N3O3S2. The van der Waals surface area contributed by atoms with Gasteiger partial charge in [0.15, 0.2) is 0 Å². The summed E-state index contributed by atoms with van der Waals surface area (Å²) in [5, 5.41) is 12.3. The second-order valence-electron chi connectivity index (χ2n) is 3.42. The first kappa shape index (κ1) is 10.7. The Balaban J connectivity index is 2.10. The summed E-state index contributed by atoms with van der Waals surface area (Å²) in [6, 6.07) is 0. The van der Waals surface area contributed by atoms with Crippen molar-refractivity contribution in [2.24, 2.45) is 11.1 Å². The highest BCUT2D eigenvalue weighted by atomic mass is 32.2. The van der Waals surface area contributed by atoms with Crippen LogP contribution in [0.4, 0.5) is 0 Å². The van der Waals surface area contributed by atoms with Crippen molar-refractivity contribution >= 4 is 27.1 Å². The van der Waals surface area contributed by atoms with Crippen LogP contribution < -0.4 is 5.14 Å². The van der Waals surface area contributed by atoms with E-state index in [1.54, 1.807) is 0 Å². The van der Waals surface area contributed by atoms with Crippen molar-refractivity contribution in [1.82, 2.24) is 10.2 Å². The summed E-state index contributed by atoms with van der Waals surface area (Å²) in [6.07, 6.45) is 2.03. The molecule has 1 fully saturated rings. The van der Waals surface area contributed by atoms with Gasteiger partial charge in [-0.15, -0.1) is 10.2 Å². The van der Waals surface area contributed by atoms with Crippen LogP contribution in [0.1, 0.15) is 17.8 Å². The minimum absolute atomic E-state index is 0.104. The van der Waals surface area contributed by atoms with Crippen LogP contribution in [-0.2, 0) is 21.2 Å². The molecule has 0 amide bonds. The summed E-state index contributed by atoms with van der Waals surface area (Å²) in [6.45, 7) is 0. The number of sulfonamides is 1. The van der Waals surface area contributed by atoms with Gasteiger partial charge in [-0.05, 0) is 12.8 Å². The van der Waals surface area contributed by atoms with E-state index in [-0.39, 0.29) is 22.5 Å². The molecule has 1 aromatic rings. The summed E-state index contributed by atoms with van der Waals surface area (Å²) in [5.41, 5.74) is 0. The first-order valence-electron chi connectivity index (χ1n) is 4.35. The molecule has 1 saturated carbocycles. The third-order valence-electron chi connectivity index (χ3n) is 2.05. The van der Waals surface area contributed by atoms with Crippen LogP contribution in [-0.4, -0.2) is 24.4 Å². The van der Waals surface area contributed by atoms with Gasteiger partial charge >= 0.3 is 0 Å². The van der Waals surface area contributed by atoms with E-state index in [1.165, 1.54) is 0 Å². The number of carbonyl (C=O) groups is 1. The smallest absolute Gasteiger partial charge is 0.267 e. The van der Waals surface area contributed by atoms with E-state index in [9.17, 15) is 13.2 Å². The second kappa shape index (κ2) is 3.62. The van der Waals surface area contributed by atoms with Crippen LogP contribution in [0, 0.1) is 5.92 Å². The largest absolute Gasteiger partial charge is 0.299 e. The van der Waals surface area contributed by atoms with Gasteiger partial charge in [0.1, 0.15) is 10.8 Å². The lowest BCUT2D eigenvalue weighted by Gasteiger charge is -1.91. The zero-order valence-corrected chi connectivity index (χ0v) is 9.34. The fourth-order valence-corrected chi connectivity index (χ4v) is 2.61. The van der Waals surface area contributed by atoms with Gasteiger partial charge in [-0.1, -0.05) is 11.3 Å². The van der Waals surface area contributed by atoms with Crippen LogP contribution in [0.3, 0.4) is 0 Å². The molecule has 0 saturated heterocycles. The Labute approximate surface area is 90.6 Å². The standard InChI is InChI=1S/C7H9N3O3S2/c8-15(12,13)7-10-9-6(14-7)3-5(11)4-1-2-4/h4H,1-3H2,(H2,8,12,13). The van der Waals surface area contributed by atoms with Crippen LogP contribution in [0.25, 0.3) is 0 Å². The van der Waals surface area contributed by atoms with Crippen LogP contribution in [0.5, 0.6) is 0 Å². The van der Waals surface area contributed by atoms with E-state index in [2.05, 4.69) is 10.2 Å². The maximum atomic E-state index is 11.4. The molecule has 0 aromatic carbocycles. The van der Waals surface area contributed by atoms with E-state index in [0.29, 0.717) is 5.01 Å². The van der Waals surface area contributed by atoms with E-state index in [0.717, 1.165) is 24.2 Å². The SMILES string of the molecule is NS(=O)(=O)c1nnc(CC(=O)C2CC2)s1. The predicted octanol–water partition coefficient (Wildman–Crippen LogP) is -0.293. The molecule has 0 aliphatic heterocycles. The van der Waals surface area contributed by atoms with Crippen LogP contribution >= 0.6 is 11.3 Å². The van der Waals surface area contributed by atoms with Crippen molar-refractivity contribution in [3.05, 3.63) is 5.01 Å². The highest BCUT2D eigenvalue weighted by Gasteiger charge is 2.30. The minimum atomic E-state index is -3.79. The fourth-order valence-electron chi connectivity index (χ4n) is 1.12. The van der Waals surface area contributed by atoms with E-state index in [4.69, 9.17) is 5.14 Å². The Bertz CT molecular complexity index is 489. The van der Waals surface area contributed by atoms with Crippen LogP contribution in [0.2, 0.25) is 0 Å². The highest BCUT2D eigenvalue weighted by Crippen LogP contribution is 2.31. The van der Waals surface area contributed by atoms with E-state index in [1.807, 2.05) is 0 Å². The number of hydrogen-bond donors (Lipinski definition) is 1. The Morgan fingerprint density at radius 3 is 2.60 bits per heavy atom. The van der Waals surface area contributed by atoms with E-state index >= 15 is 0 Å². The van der Waals surface area contributed by atoms with E-state index < -0.39 is 10.0 Å². The molecule has 1 heterocycles. The summed E-state index contributed by atoms with van der Waals surface area (Å²) >= 11 is 0.857. The van der Waals surface area contributed by atoms with Crippen molar-refractivity contribution in [2.75, 3.05) is 0 Å². The summed E-state index contributed by atoms with van der Waals surface area (Å²) in [4.78, 5) is 11.4. The molecule has 0 radical (unpaired) electrons. The molecule has 6 nitrogen and oxygen atoms in total. The van der Waals surface area contributed by atoms with Gasteiger partial charge in [0.2, 0.25) is 4.34 Å². The number of nitrogens with two attached hydrogens (primary N) is 1. The average Bonchev–Trinajstić information content (AvgIpc) is 2.86. The maximum absolute atomic E-state index is 11.4. The van der Waals surface area contributed by atoms with Gasteiger partial charge in [0.25, 0.3) is 10.0 Å².